The van der Waals surface area contributed by atoms with E-state index in [-0.39, 0.29) is 19.0 Å². The molecule has 0 aliphatic heterocycles. The van der Waals surface area contributed by atoms with Crippen LogP contribution in [-0.2, 0) is 11.2 Å². The molecular weight excluding hydrogens is 346 g/mol. The highest BCUT2D eigenvalue weighted by molar-refractivity contribution is 6.02. The highest BCUT2D eigenvalue weighted by Crippen LogP contribution is 2.29. The molecule has 1 N–H and O–H groups in total. The fourth-order valence-corrected chi connectivity index (χ4v) is 2.88. The molecule has 1 aromatic heterocycles. The van der Waals surface area contributed by atoms with Gasteiger partial charge in [0.2, 0.25) is 5.78 Å². The van der Waals surface area contributed by atoms with E-state index in [4.69, 9.17) is 14.2 Å². The molecule has 2 rings (SSSR count). The molecule has 1 aromatic carbocycles. The zero-order valence-corrected chi connectivity index (χ0v) is 16.2. The monoisotopic (exact) mass is 371 g/mol. The predicted octanol–water partition coefficient (Wildman–Crippen LogP) is 3.81. The van der Waals surface area contributed by atoms with E-state index in [2.05, 4.69) is 11.6 Å². The summed E-state index contributed by atoms with van der Waals surface area (Å²) >= 11 is 0. The Kier molecular flexibility index (Phi) is 6.82. The molecular formula is C21H25NO5. The van der Waals surface area contributed by atoms with Crippen LogP contribution >= 0.6 is 0 Å². The Morgan fingerprint density at radius 1 is 1.22 bits per heavy atom. The summed E-state index contributed by atoms with van der Waals surface area (Å²) in [5.74, 6) is 0.325. The number of benzene rings is 1. The van der Waals surface area contributed by atoms with Crippen molar-refractivity contribution in [1.82, 2.24) is 4.98 Å². The number of allylic oxidation sites excluding steroid dienone is 1. The number of carbonyl (C=O) groups excluding carboxylic acids is 2. The van der Waals surface area contributed by atoms with Crippen LogP contribution in [0.5, 0.6) is 11.5 Å². The van der Waals surface area contributed by atoms with Crippen LogP contribution in [0.3, 0.4) is 0 Å². The summed E-state index contributed by atoms with van der Waals surface area (Å²) in [7, 11) is 1.55. The second-order valence-corrected chi connectivity index (χ2v) is 6.04. The minimum absolute atomic E-state index is 0.180. The first-order valence-electron chi connectivity index (χ1n) is 8.72. The summed E-state index contributed by atoms with van der Waals surface area (Å²) in [5, 5.41) is 0. The normalized spacial score (nSPS) is 10.4. The lowest BCUT2D eigenvalue weighted by atomic mass is 10.1. The molecule has 0 spiro atoms. The number of rotatable bonds is 9. The van der Waals surface area contributed by atoms with Crippen molar-refractivity contribution >= 4 is 11.8 Å². The Hall–Kier alpha value is -3.02. The summed E-state index contributed by atoms with van der Waals surface area (Å²) in [6.07, 6.45) is 2.52. The number of aryl methyl sites for hydroxylation is 1. The molecule has 0 aliphatic rings. The van der Waals surface area contributed by atoms with E-state index in [0.717, 1.165) is 5.56 Å². The number of Topliss-reactive ketones (excluding diaryl/α,β-unsaturated/α-hetero) is 1. The molecule has 0 atom stereocenters. The van der Waals surface area contributed by atoms with Crippen LogP contribution in [0, 0.1) is 13.8 Å². The van der Waals surface area contributed by atoms with Crippen LogP contribution < -0.4 is 9.47 Å². The third-order valence-electron chi connectivity index (χ3n) is 4.16. The van der Waals surface area contributed by atoms with Crippen LogP contribution in [0.2, 0.25) is 0 Å². The first kappa shape index (κ1) is 20.3. The first-order chi connectivity index (χ1) is 12.9. The van der Waals surface area contributed by atoms with Crippen molar-refractivity contribution in [2.24, 2.45) is 0 Å². The van der Waals surface area contributed by atoms with Crippen LogP contribution in [0.25, 0.3) is 0 Å². The van der Waals surface area contributed by atoms with Crippen molar-refractivity contribution in [3.63, 3.8) is 0 Å². The van der Waals surface area contributed by atoms with Gasteiger partial charge in [0.1, 0.15) is 0 Å². The number of methoxy groups -OCH3 is 1. The second-order valence-electron chi connectivity index (χ2n) is 6.04. The molecule has 144 valence electrons. The third-order valence-corrected chi connectivity index (χ3v) is 4.16. The van der Waals surface area contributed by atoms with Crippen molar-refractivity contribution in [2.75, 3.05) is 20.3 Å². The molecule has 0 saturated heterocycles. The van der Waals surface area contributed by atoms with Gasteiger partial charge in [-0.3, -0.25) is 4.79 Å². The molecule has 1 heterocycles. The van der Waals surface area contributed by atoms with E-state index in [1.807, 2.05) is 12.1 Å². The van der Waals surface area contributed by atoms with Crippen molar-refractivity contribution in [2.45, 2.75) is 27.2 Å². The van der Waals surface area contributed by atoms with Gasteiger partial charge in [-0.05, 0) is 50.5 Å². The van der Waals surface area contributed by atoms with Crippen molar-refractivity contribution in [1.29, 1.82) is 0 Å². The lowest BCUT2D eigenvalue weighted by Crippen LogP contribution is -2.14. The number of nitrogens with one attached hydrogen (secondary N) is 1. The van der Waals surface area contributed by atoms with Gasteiger partial charge in [-0.15, -0.1) is 6.58 Å². The number of esters is 1. The minimum atomic E-state index is -0.441. The zero-order chi connectivity index (χ0) is 20.0. The molecule has 0 radical (unpaired) electrons. The molecule has 0 saturated carbocycles. The second kappa shape index (κ2) is 9.07. The standard InChI is InChI=1S/C21H25NO5/c1-6-8-15-9-10-17(18(11-15)25-5)27-12-16(23)20-13(3)19(14(4)22-20)21(24)26-7-2/h6,9-11,22H,1,7-8,12H2,2-5H3. The smallest absolute Gasteiger partial charge is 0.340 e. The van der Waals surface area contributed by atoms with Gasteiger partial charge in [0.15, 0.2) is 18.1 Å². The van der Waals surface area contributed by atoms with Crippen LogP contribution in [0.1, 0.15) is 44.6 Å². The van der Waals surface area contributed by atoms with Crippen LogP contribution in [0.4, 0.5) is 0 Å². The third kappa shape index (κ3) is 4.58. The minimum Gasteiger partial charge on any atom is -0.493 e. The first-order valence-corrected chi connectivity index (χ1v) is 8.72. The Balaban J connectivity index is 2.16. The summed E-state index contributed by atoms with van der Waals surface area (Å²) in [5.41, 5.74) is 2.94. The topological polar surface area (TPSA) is 77.6 Å². The Morgan fingerprint density at radius 3 is 2.59 bits per heavy atom. The molecule has 6 heteroatoms. The van der Waals surface area contributed by atoms with E-state index < -0.39 is 5.97 Å². The average Bonchev–Trinajstić information content (AvgIpc) is 2.95. The maximum absolute atomic E-state index is 12.6. The Labute approximate surface area is 159 Å². The van der Waals surface area contributed by atoms with E-state index in [1.165, 1.54) is 0 Å². The number of hydrogen-bond acceptors (Lipinski definition) is 5. The molecule has 0 aliphatic carbocycles. The number of aromatic amines is 1. The van der Waals surface area contributed by atoms with Gasteiger partial charge < -0.3 is 19.2 Å². The largest absolute Gasteiger partial charge is 0.493 e. The zero-order valence-electron chi connectivity index (χ0n) is 16.2. The molecule has 0 bridgehead atoms. The number of hydrogen-bond donors (Lipinski definition) is 1. The highest BCUT2D eigenvalue weighted by Gasteiger charge is 2.23. The summed E-state index contributed by atoms with van der Waals surface area (Å²) < 4.78 is 16.0. The molecule has 6 nitrogen and oxygen atoms in total. The molecule has 0 unspecified atom stereocenters. The quantitative estimate of drug-likeness (QED) is 0.412. The number of H-pyrrole nitrogens is 1. The molecule has 0 amide bonds. The summed E-state index contributed by atoms with van der Waals surface area (Å²) in [4.78, 5) is 27.6. The SMILES string of the molecule is C=CCc1ccc(OCC(=O)c2[nH]c(C)c(C(=O)OCC)c2C)c(OC)c1. The summed E-state index contributed by atoms with van der Waals surface area (Å²) in [6.45, 7) is 9.00. The van der Waals surface area contributed by atoms with Crippen molar-refractivity contribution in [3.05, 3.63) is 58.9 Å². The lowest BCUT2D eigenvalue weighted by Gasteiger charge is -2.11. The van der Waals surface area contributed by atoms with Crippen LogP contribution in [-0.4, -0.2) is 37.1 Å². The van der Waals surface area contributed by atoms with Gasteiger partial charge in [0.05, 0.1) is 25.0 Å². The maximum atomic E-state index is 12.6. The lowest BCUT2D eigenvalue weighted by molar-refractivity contribution is 0.0525. The van der Waals surface area contributed by atoms with E-state index in [9.17, 15) is 9.59 Å². The number of ketones is 1. The van der Waals surface area contributed by atoms with E-state index in [1.54, 1.807) is 40.0 Å². The van der Waals surface area contributed by atoms with Gasteiger partial charge in [-0.25, -0.2) is 4.79 Å². The number of ether oxygens (including phenoxy) is 3. The fourth-order valence-electron chi connectivity index (χ4n) is 2.88. The van der Waals surface area contributed by atoms with Gasteiger partial charge in [-0.2, -0.15) is 0 Å². The Bertz CT molecular complexity index is 850. The fraction of sp³-hybridized carbons (Fsp3) is 0.333. The Morgan fingerprint density at radius 2 is 1.96 bits per heavy atom. The molecule has 27 heavy (non-hydrogen) atoms. The maximum Gasteiger partial charge on any atom is 0.340 e. The highest BCUT2D eigenvalue weighted by atomic mass is 16.5. The molecule has 0 fully saturated rings. The summed E-state index contributed by atoms with van der Waals surface area (Å²) in [6, 6.07) is 5.51. The predicted molar refractivity (Wildman–Crippen MR) is 103 cm³/mol. The molecule has 2 aromatic rings. The van der Waals surface area contributed by atoms with E-state index >= 15 is 0 Å². The van der Waals surface area contributed by atoms with Gasteiger partial charge in [0, 0.05) is 5.69 Å². The average molecular weight is 371 g/mol. The van der Waals surface area contributed by atoms with Gasteiger partial charge in [-0.1, -0.05) is 12.1 Å². The van der Waals surface area contributed by atoms with Gasteiger partial charge >= 0.3 is 5.97 Å². The number of aromatic nitrogens is 1. The van der Waals surface area contributed by atoms with Crippen molar-refractivity contribution < 1.29 is 23.8 Å². The van der Waals surface area contributed by atoms with Crippen LogP contribution in [0.15, 0.2) is 30.9 Å². The van der Waals surface area contributed by atoms with Crippen molar-refractivity contribution in [3.8, 4) is 11.5 Å². The number of carbonyl (C=O) groups is 2. The van der Waals surface area contributed by atoms with Gasteiger partial charge in [0.25, 0.3) is 0 Å². The van der Waals surface area contributed by atoms with E-state index in [0.29, 0.717) is 40.4 Å².